The average Bonchev–Trinajstić information content (AvgIpc) is 3.87. The molecule has 0 unspecified atom stereocenters. The molecule has 0 aliphatic heterocycles. The van der Waals surface area contributed by atoms with Crippen molar-refractivity contribution in [3.63, 3.8) is 0 Å². The van der Waals surface area contributed by atoms with Crippen LogP contribution in [0.2, 0.25) is 0 Å². The average molecular weight is 710 g/mol. The molecule has 1 fully saturated rings. The van der Waals surface area contributed by atoms with Gasteiger partial charge in [0.2, 0.25) is 5.91 Å². The fourth-order valence-electron chi connectivity index (χ4n) is 5.06. The van der Waals surface area contributed by atoms with Crippen LogP contribution in [-0.4, -0.2) is 38.7 Å². The summed E-state index contributed by atoms with van der Waals surface area (Å²) in [6.45, 7) is 3.62. The van der Waals surface area contributed by atoms with E-state index < -0.39 is 27.4 Å². The Labute approximate surface area is 291 Å². The van der Waals surface area contributed by atoms with Gasteiger partial charge in [-0.15, -0.1) is 0 Å². The molecule has 3 N–H and O–H groups in total. The first-order chi connectivity index (χ1) is 24.4. The van der Waals surface area contributed by atoms with Crippen molar-refractivity contribution in [3.05, 3.63) is 142 Å². The topological polar surface area (TPSA) is 161 Å². The lowest BCUT2D eigenvalue weighted by atomic mass is 10.2. The lowest BCUT2D eigenvalue weighted by Crippen LogP contribution is -2.29. The van der Waals surface area contributed by atoms with Gasteiger partial charge in [-0.05, 0) is 87.4 Å². The first-order valence-corrected chi connectivity index (χ1v) is 17.2. The van der Waals surface area contributed by atoms with E-state index in [-0.39, 0.29) is 33.7 Å². The largest absolute Gasteiger partial charge is 0.453 e. The van der Waals surface area contributed by atoms with E-state index in [9.17, 15) is 27.2 Å². The SMILES string of the molecule is Cc1ccc(C(=O)Nc2ccc(Oc3ccc4nc(NC(=O)C5CC5)cn4c3)c(F)c2)c(=O)n1-c1ccccc1.Cc1ccc(S(=O)(=O)O)cc1. The van der Waals surface area contributed by atoms with E-state index in [1.807, 2.05) is 13.0 Å². The lowest BCUT2D eigenvalue weighted by Gasteiger charge is -2.13. The summed E-state index contributed by atoms with van der Waals surface area (Å²) in [5.74, 6) is -0.611. The number of para-hydroxylation sites is 1. The molecule has 1 aliphatic carbocycles. The molecule has 0 radical (unpaired) electrons. The third-order valence-electron chi connectivity index (χ3n) is 7.90. The van der Waals surface area contributed by atoms with Crippen LogP contribution in [0.5, 0.6) is 11.5 Å². The molecule has 12 nitrogen and oxygen atoms in total. The summed E-state index contributed by atoms with van der Waals surface area (Å²) in [6, 6.07) is 25.5. The zero-order valence-electron chi connectivity index (χ0n) is 27.4. The van der Waals surface area contributed by atoms with Crippen LogP contribution in [-0.2, 0) is 14.9 Å². The van der Waals surface area contributed by atoms with Crippen molar-refractivity contribution in [2.24, 2.45) is 5.92 Å². The molecular weight excluding hydrogens is 678 g/mol. The smallest absolute Gasteiger partial charge is 0.294 e. The van der Waals surface area contributed by atoms with Crippen molar-refractivity contribution in [1.29, 1.82) is 0 Å². The molecule has 2 amide bonds. The number of hydrogen-bond donors (Lipinski definition) is 3. The van der Waals surface area contributed by atoms with Crippen molar-refractivity contribution in [1.82, 2.24) is 14.0 Å². The maximum absolute atomic E-state index is 14.9. The number of aromatic nitrogens is 3. The number of hydrogen-bond acceptors (Lipinski definition) is 7. The van der Waals surface area contributed by atoms with Crippen LogP contribution in [0.15, 0.2) is 119 Å². The number of carbonyl (C=O) groups excluding carboxylic acids is 2. The predicted octanol–water partition coefficient (Wildman–Crippen LogP) is 6.57. The minimum absolute atomic E-state index is 0.0432. The van der Waals surface area contributed by atoms with Gasteiger partial charge in [0.25, 0.3) is 21.6 Å². The van der Waals surface area contributed by atoms with Gasteiger partial charge < -0.3 is 19.8 Å². The summed E-state index contributed by atoms with van der Waals surface area (Å²) >= 11 is 0. The van der Waals surface area contributed by atoms with Gasteiger partial charge in [0, 0.05) is 29.1 Å². The number of aryl methyl sites for hydroxylation is 2. The van der Waals surface area contributed by atoms with Crippen molar-refractivity contribution < 1.29 is 31.7 Å². The minimum atomic E-state index is -4.02. The third-order valence-corrected chi connectivity index (χ3v) is 8.76. The number of amides is 2. The summed E-state index contributed by atoms with van der Waals surface area (Å²) in [5, 5.41) is 5.38. The Morgan fingerprint density at radius 3 is 2.29 bits per heavy atom. The molecule has 0 saturated heterocycles. The van der Waals surface area contributed by atoms with Crippen LogP contribution < -0.4 is 20.9 Å². The number of pyridine rings is 2. The van der Waals surface area contributed by atoms with E-state index in [1.54, 1.807) is 78.3 Å². The van der Waals surface area contributed by atoms with E-state index in [4.69, 9.17) is 9.29 Å². The van der Waals surface area contributed by atoms with Crippen LogP contribution >= 0.6 is 0 Å². The van der Waals surface area contributed by atoms with E-state index in [1.165, 1.54) is 34.9 Å². The van der Waals surface area contributed by atoms with Crippen LogP contribution in [0.25, 0.3) is 11.3 Å². The molecule has 1 saturated carbocycles. The first kappa shape index (κ1) is 34.7. The number of imidazole rings is 1. The van der Waals surface area contributed by atoms with Gasteiger partial charge in [-0.25, -0.2) is 9.37 Å². The number of nitrogens with one attached hydrogen (secondary N) is 2. The number of rotatable bonds is 8. The number of anilines is 2. The Balaban J connectivity index is 0.000000349. The summed E-state index contributed by atoms with van der Waals surface area (Å²) in [6.07, 6.45) is 5.07. The molecule has 7 rings (SSSR count). The van der Waals surface area contributed by atoms with E-state index in [2.05, 4.69) is 15.6 Å². The maximum atomic E-state index is 14.9. The highest BCUT2D eigenvalue weighted by molar-refractivity contribution is 7.85. The summed E-state index contributed by atoms with van der Waals surface area (Å²) < 4.78 is 53.3. The van der Waals surface area contributed by atoms with E-state index in [0.717, 1.165) is 24.5 Å². The second kappa shape index (κ2) is 14.4. The number of halogens is 1. The fraction of sp³-hybridized carbons (Fsp3) is 0.135. The highest BCUT2D eigenvalue weighted by atomic mass is 32.2. The number of ether oxygens (including phenoxy) is 1. The quantitative estimate of drug-likeness (QED) is 0.150. The monoisotopic (exact) mass is 709 g/mol. The number of nitrogens with zero attached hydrogens (tertiary/aromatic N) is 3. The zero-order valence-corrected chi connectivity index (χ0v) is 28.2. The molecular formula is C37H32FN5O7S. The normalized spacial score (nSPS) is 12.5. The Morgan fingerprint density at radius 1 is 0.902 bits per heavy atom. The highest BCUT2D eigenvalue weighted by Crippen LogP contribution is 2.31. The maximum Gasteiger partial charge on any atom is 0.294 e. The van der Waals surface area contributed by atoms with Gasteiger partial charge in [0.05, 0.1) is 17.3 Å². The summed E-state index contributed by atoms with van der Waals surface area (Å²) in [7, 11) is -4.02. The van der Waals surface area contributed by atoms with Crippen LogP contribution in [0.3, 0.4) is 0 Å². The second-order valence-corrected chi connectivity index (χ2v) is 13.3. The van der Waals surface area contributed by atoms with Gasteiger partial charge in [-0.3, -0.25) is 23.5 Å². The Bertz CT molecular complexity index is 2420. The molecule has 14 heteroatoms. The summed E-state index contributed by atoms with van der Waals surface area (Å²) in [5.41, 5.74) is 2.48. The fourth-order valence-corrected chi connectivity index (χ4v) is 5.54. The molecule has 1 aliphatic rings. The van der Waals surface area contributed by atoms with E-state index in [0.29, 0.717) is 28.6 Å². The Hall–Kier alpha value is -6.12. The van der Waals surface area contributed by atoms with E-state index >= 15 is 0 Å². The minimum Gasteiger partial charge on any atom is -0.453 e. The summed E-state index contributed by atoms with van der Waals surface area (Å²) in [4.78, 5) is 42.3. The molecule has 3 aromatic carbocycles. The first-order valence-electron chi connectivity index (χ1n) is 15.8. The Kier molecular flexibility index (Phi) is 9.80. The highest BCUT2D eigenvalue weighted by Gasteiger charge is 2.30. The standard InChI is InChI=1S/C30H24FN5O4.C7H8O3S/c1-18-7-12-23(30(39)36(18)21-5-3-2-4-6-21)29(38)32-20-10-13-25(24(31)15-20)40-22-11-14-27-33-26(17-35(27)16-22)34-28(37)19-8-9-19;1-6-2-4-7(5-3-6)11(8,9)10/h2-7,10-17,19H,8-9H2,1H3,(H,32,38)(H,34,37);2-5H,1H3,(H,8,9,10). The van der Waals surface area contributed by atoms with Crippen molar-refractivity contribution in [3.8, 4) is 17.2 Å². The van der Waals surface area contributed by atoms with Gasteiger partial charge in [-0.2, -0.15) is 8.42 Å². The van der Waals surface area contributed by atoms with Crippen LogP contribution in [0.1, 0.15) is 34.5 Å². The molecule has 0 spiro atoms. The zero-order chi connectivity index (χ0) is 36.3. The third kappa shape index (κ3) is 8.37. The van der Waals surface area contributed by atoms with Crippen molar-refractivity contribution in [2.75, 3.05) is 10.6 Å². The van der Waals surface area contributed by atoms with Crippen molar-refractivity contribution >= 4 is 39.1 Å². The molecule has 3 heterocycles. The molecule has 0 bridgehead atoms. The predicted molar refractivity (Wildman–Crippen MR) is 189 cm³/mol. The second-order valence-electron chi connectivity index (χ2n) is 11.9. The molecule has 0 atom stereocenters. The van der Waals surface area contributed by atoms with Crippen molar-refractivity contribution in [2.45, 2.75) is 31.6 Å². The van der Waals surface area contributed by atoms with Gasteiger partial charge in [-0.1, -0.05) is 35.9 Å². The molecule has 6 aromatic rings. The number of carbonyl (C=O) groups is 2. The number of benzene rings is 3. The molecule has 260 valence electrons. The van der Waals surface area contributed by atoms with Crippen LogP contribution in [0.4, 0.5) is 15.9 Å². The Morgan fingerprint density at radius 2 is 1.63 bits per heavy atom. The van der Waals surface area contributed by atoms with Gasteiger partial charge >= 0.3 is 0 Å². The van der Waals surface area contributed by atoms with Crippen LogP contribution in [0, 0.1) is 25.6 Å². The van der Waals surface area contributed by atoms with Gasteiger partial charge in [0.15, 0.2) is 17.4 Å². The van der Waals surface area contributed by atoms with Gasteiger partial charge in [0.1, 0.15) is 17.0 Å². The lowest BCUT2D eigenvalue weighted by molar-refractivity contribution is -0.117. The molecule has 3 aromatic heterocycles. The molecule has 51 heavy (non-hydrogen) atoms. The number of fused-ring (bicyclic) bond motifs is 1.